The van der Waals surface area contributed by atoms with E-state index in [1.54, 1.807) is 0 Å². The molecule has 0 spiro atoms. The summed E-state index contributed by atoms with van der Waals surface area (Å²) in [7, 11) is 0. The lowest BCUT2D eigenvalue weighted by atomic mass is 9.84. The number of rotatable bonds is 1. The Bertz CT molecular complexity index is 149. The molecule has 2 N–H and O–H groups in total. The average Bonchev–Trinajstić information content (AvgIpc) is 2.11. The van der Waals surface area contributed by atoms with E-state index in [0.717, 1.165) is 0 Å². The van der Waals surface area contributed by atoms with Crippen LogP contribution in [0.5, 0.6) is 0 Å². The molecule has 0 radical (unpaired) electrons. The third-order valence-electron chi connectivity index (χ3n) is 2.58. The average molecular weight is 170 g/mol. The minimum Gasteiger partial charge on any atom is -0.392 e. The smallest absolute Gasteiger partial charge is 0.0630 e. The van der Waals surface area contributed by atoms with Crippen LogP contribution in [0.1, 0.15) is 26.7 Å². The van der Waals surface area contributed by atoms with Crippen LogP contribution < -0.4 is 0 Å². The van der Waals surface area contributed by atoms with Gasteiger partial charge in [0.1, 0.15) is 0 Å². The van der Waals surface area contributed by atoms with E-state index in [1.165, 1.54) is 0 Å². The highest BCUT2D eigenvalue weighted by Crippen LogP contribution is 2.26. The third-order valence-corrected chi connectivity index (χ3v) is 2.58. The van der Waals surface area contributed by atoms with E-state index in [4.69, 9.17) is 0 Å². The summed E-state index contributed by atoms with van der Waals surface area (Å²) in [6, 6.07) is 0. The summed E-state index contributed by atoms with van der Waals surface area (Å²) in [6.45, 7) is 4.09. The first-order chi connectivity index (χ1) is 5.63. The van der Waals surface area contributed by atoms with Gasteiger partial charge in [0, 0.05) is 5.92 Å². The number of aliphatic hydroxyl groups excluding tert-OH is 2. The first-order valence-corrected chi connectivity index (χ1v) is 4.64. The maximum absolute atomic E-state index is 9.68. The molecule has 0 aromatic rings. The highest BCUT2D eigenvalue weighted by Gasteiger charge is 2.29. The molecule has 2 atom stereocenters. The van der Waals surface area contributed by atoms with Gasteiger partial charge < -0.3 is 10.2 Å². The molecule has 0 heterocycles. The van der Waals surface area contributed by atoms with Gasteiger partial charge in [0.25, 0.3) is 0 Å². The second kappa shape index (κ2) is 4.06. The molecule has 0 amide bonds. The summed E-state index contributed by atoms with van der Waals surface area (Å²) in [5.74, 6) is 0.370. The Kier molecular flexibility index (Phi) is 3.29. The van der Waals surface area contributed by atoms with Crippen LogP contribution in [-0.2, 0) is 0 Å². The lowest BCUT2D eigenvalue weighted by Crippen LogP contribution is -2.34. The van der Waals surface area contributed by atoms with Crippen molar-refractivity contribution in [2.75, 3.05) is 0 Å². The summed E-state index contributed by atoms with van der Waals surface area (Å²) in [6.07, 6.45) is 4.52. The summed E-state index contributed by atoms with van der Waals surface area (Å²) in [5.41, 5.74) is 0. The molecular formula is C10H18O2. The highest BCUT2D eigenvalue weighted by molar-refractivity contribution is 4.95. The van der Waals surface area contributed by atoms with Crippen LogP contribution in [0.4, 0.5) is 0 Å². The van der Waals surface area contributed by atoms with Crippen molar-refractivity contribution in [3.8, 4) is 0 Å². The molecule has 0 fully saturated rings. The standard InChI is InChI=1S/C10H18O2/c1-7(2)10-8(11)5-3-4-6-9(10)12/h3-4,7-12H,5-6H2,1-2H3. The zero-order chi connectivity index (χ0) is 9.14. The Labute approximate surface area is 73.9 Å². The second-order valence-corrected chi connectivity index (χ2v) is 3.90. The van der Waals surface area contributed by atoms with E-state index in [0.29, 0.717) is 18.8 Å². The van der Waals surface area contributed by atoms with Gasteiger partial charge in [0.05, 0.1) is 12.2 Å². The van der Waals surface area contributed by atoms with Gasteiger partial charge in [-0.3, -0.25) is 0 Å². The van der Waals surface area contributed by atoms with Crippen LogP contribution in [0, 0.1) is 11.8 Å². The van der Waals surface area contributed by atoms with Crippen molar-refractivity contribution in [1.82, 2.24) is 0 Å². The Morgan fingerprint density at radius 2 is 1.50 bits per heavy atom. The van der Waals surface area contributed by atoms with E-state index < -0.39 is 0 Å². The normalized spacial score (nSPS) is 36.9. The molecule has 1 rings (SSSR count). The fraction of sp³-hybridized carbons (Fsp3) is 0.800. The van der Waals surface area contributed by atoms with Gasteiger partial charge in [0.15, 0.2) is 0 Å². The predicted molar refractivity (Wildman–Crippen MR) is 48.7 cm³/mol. The molecule has 2 heteroatoms. The minimum absolute atomic E-state index is 0.0278. The van der Waals surface area contributed by atoms with Crippen molar-refractivity contribution in [1.29, 1.82) is 0 Å². The first kappa shape index (κ1) is 9.75. The molecule has 70 valence electrons. The van der Waals surface area contributed by atoms with E-state index in [-0.39, 0.29) is 18.1 Å². The summed E-state index contributed by atoms with van der Waals surface area (Å²) in [5, 5.41) is 19.4. The molecule has 1 aliphatic rings. The fourth-order valence-electron chi connectivity index (χ4n) is 1.93. The Morgan fingerprint density at radius 1 is 1.08 bits per heavy atom. The largest absolute Gasteiger partial charge is 0.392 e. The van der Waals surface area contributed by atoms with Crippen molar-refractivity contribution < 1.29 is 10.2 Å². The number of hydrogen-bond donors (Lipinski definition) is 2. The van der Waals surface area contributed by atoms with E-state index in [2.05, 4.69) is 0 Å². The Morgan fingerprint density at radius 3 is 1.83 bits per heavy atom. The summed E-state index contributed by atoms with van der Waals surface area (Å²) >= 11 is 0. The molecule has 0 bridgehead atoms. The number of hydrogen-bond acceptors (Lipinski definition) is 2. The van der Waals surface area contributed by atoms with Crippen LogP contribution in [0.2, 0.25) is 0 Å². The molecule has 0 saturated carbocycles. The Balaban J connectivity index is 2.67. The van der Waals surface area contributed by atoms with Crippen molar-refractivity contribution >= 4 is 0 Å². The Hall–Kier alpha value is -0.340. The van der Waals surface area contributed by atoms with Crippen molar-refractivity contribution in [2.45, 2.75) is 38.9 Å². The van der Waals surface area contributed by atoms with E-state index in [1.807, 2.05) is 26.0 Å². The zero-order valence-corrected chi connectivity index (χ0v) is 7.77. The van der Waals surface area contributed by atoms with Gasteiger partial charge in [-0.15, -0.1) is 0 Å². The van der Waals surface area contributed by atoms with Crippen LogP contribution in [0.15, 0.2) is 12.2 Å². The monoisotopic (exact) mass is 170 g/mol. The SMILES string of the molecule is CC(C)C1C(O)CC=CCC1O. The lowest BCUT2D eigenvalue weighted by molar-refractivity contribution is -0.00486. The van der Waals surface area contributed by atoms with E-state index >= 15 is 0 Å². The quantitative estimate of drug-likeness (QED) is 0.583. The molecule has 2 nitrogen and oxygen atoms in total. The van der Waals surface area contributed by atoms with E-state index in [9.17, 15) is 10.2 Å². The van der Waals surface area contributed by atoms with Crippen LogP contribution >= 0.6 is 0 Å². The van der Waals surface area contributed by atoms with Crippen molar-refractivity contribution in [3.05, 3.63) is 12.2 Å². The first-order valence-electron chi connectivity index (χ1n) is 4.64. The topological polar surface area (TPSA) is 40.5 Å². The summed E-state index contributed by atoms with van der Waals surface area (Å²) in [4.78, 5) is 0. The fourth-order valence-corrected chi connectivity index (χ4v) is 1.93. The van der Waals surface area contributed by atoms with Crippen LogP contribution in [0.3, 0.4) is 0 Å². The molecule has 0 saturated heterocycles. The van der Waals surface area contributed by atoms with Crippen molar-refractivity contribution in [3.63, 3.8) is 0 Å². The molecule has 0 aromatic carbocycles. The molecule has 0 aromatic heterocycles. The van der Waals surface area contributed by atoms with Gasteiger partial charge in [-0.05, 0) is 18.8 Å². The minimum atomic E-state index is -0.376. The second-order valence-electron chi connectivity index (χ2n) is 3.90. The van der Waals surface area contributed by atoms with Gasteiger partial charge >= 0.3 is 0 Å². The zero-order valence-electron chi connectivity index (χ0n) is 7.77. The molecule has 0 aliphatic heterocycles. The van der Waals surface area contributed by atoms with Gasteiger partial charge in [-0.25, -0.2) is 0 Å². The van der Waals surface area contributed by atoms with Crippen molar-refractivity contribution in [2.24, 2.45) is 11.8 Å². The van der Waals surface area contributed by atoms with Gasteiger partial charge in [0.2, 0.25) is 0 Å². The van der Waals surface area contributed by atoms with Crippen LogP contribution in [-0.4, -0.2) is 22.4 Å². The van der Waals surface area contributed by atoms with Gasteiger partial charge in [-0.2, -0.15) is 0 Å². The molecule has 2 unspecified atom stereocenters. The predicted octanol–water partition coefficient (Wildman–Crippen LogP) is 1.33. The highest BCUT2D eigenvalue weighted by atomic mass is 16.3. The third kappa shape index (κ3) is 2.08. The van der Waals surface area contributed by atoms with Crippen LogP contribution in [0.25, 0.3) is 0 Å². The maximum Gasteiger partial charge on any atom is 0.0630 e. The van der Waals surface area contributed by atoms with Gasteiger partial charge in [-0.1, -0.05) is 26.0 Å². The maximum atomic E-state index is 9.68. The molecule has 1 aliphatic carbocycles. The lowest BCUT2D eigenvalue weighted by Gasteiger charge is -2.28. The number of aliphatic hydroxyl groups is 2. The summed E-state index contributed by atoms with van der Waals surface area (Å²) < 4.78 is 0. The molecular weight excluding hydrogens is 152 g/mol. The molecule has 12 heavy (non-hydrogen) atoms.